The van der Waals surface area contributed by atoms with Crippen LogP contribution in [0.25, 0.3) is 50.5 Å². The highest BCUT2D eigenvalue weighted by molar-refractivity contribution is 6.62. The van der Waals surface area contributed by atoms with Crippen molar-refractivity contribution in [1.29, 1.82) is 0 Å². The minimum Gasteiger partial charge on any atom is -0.423 e. The van der Waals surface area contributed by atoms with Crippen molar-refractivity contribution in [3.63, 3.8) is 0 Å². The van der Waals surface area contributed by atoms with Crippen LogP contribution in [0.4, 0.5) is 0 Å². The normalized spacial score (nSPS) is 11.2. The van der Waals surface area contributed by atoms with Gasteiger partial charge in [0, 0.05) is 27.4 Å². The molecule has 0 saturated carbocycles. The van der Waals surface area contributed by atoms with Gasteiger partial charge in [0.15, 0.2) is 11.6 Å². The van der Waals surface area contributed by atoms with E-state index >= 15 is 0 Å². The largest absolute Gasteiger partial charge is 0.490 e. The van der Waals surface area contributed by atoms with E-state index < -0.39 is 7.12 Å². The summed E-state index contributed by atoms with van der Waals surface area (Å²) in [5.74, 6) is 1.49. The van der Waals surface area contributed by atoms with Crippen LogP contribution in [0.15, 0.2) is 103 Å². The summed E-state index contributed by atoms with van der Waals surface area (Å²) in [5, 5.41) is 22.2. The first-order chi connectivity index (χ1) is 16.7. The van der Waals surface area contributed by atoms with Crippen LogP contribution in [0.1, 0.15) is 0 Å². The molecule has 0 aliphatic heterocycles. The maximum absolute atomic E-state index is 10.2. The van der Waals surface area contributed by atoms with E-state index in [1.165, 1.54) is 0 Å². The number of fused-ring (bicyclic) bond motifs is 3. The number of rotatable bonds is 4. The number of hydrogen-bond acceptors (Lipinski definition) is 5. The molecule has 2 N–H and O–H groups in total. The van der Waals surface area contributed by atoms with E-state index in [1.807, 2.05) is 102 Å². The molecule has 0 aliphatic rings. The number of aromatic nitrogens is 4. The smallest absolute Gasteiger partial charge is 0.423 e. The predicted molar refractivity (Wildman–Crippen MR) is 135 cm³/mol. The first-order valence-electron chi connectivity index (χ1n) is 11.0. The van der Waals surface area contributed by atoms with E-state index in [-0.39, 0.29) is 0 Å². The van der Waals surface area contributed by atoms with Crippen LogP contribution in [0.3, 0.4) is 0 Å². The summed E-state index contributed by atoms with van der Waals surface area (Å²) >= 11 is 0. The molecule has 0 radical (unpaired) electrons. The molecule has 0 unspecified atom stereocenters. The molecular formula is C27H19BN4O2. The summed E-state index contributed by atoms with van der Waals surface area (Å²) in [6.07, 6.45) is 0. The monoisotopic (exact) mass is 442 g/mol. The lowest BCUT2D eigenvalue weighted by Gasteiger charge is -2.12. The van der Waals surface area contributed by atoms with Crippen LogP contribution in [0.2, 0.25) is 0 Å². The zero-order valence-corrected chi connectivity index (χ0v) is 18.1. The molecule has 0 fully saturated rings. The molecular weight excluding hydrogens is 423 g/mol. The quantitative estimate of drug-likeness (QED) is 0.404. The highest BCUT2D eigenvalue weighted by atomic mass is 16.4. The molecule has 4 aromatic carbocycles. The fraction of sp³-hybridized carbons (Fsp3) is 0. The highest BCUT2D eigenvalue weighted by Crippen LogP contribution is 2.31. The molecule has 6 rings (SSSR count). The minimum atomic E-state index is -1.64. The van der Waals surface area contributed by atoms with Crippen LogP contribution >= 0.6 is 0 Å². The van der Waals surface area contributed by atoms with Crippen molar-refractivity contribution >= 4 is 34.4 Å². The third-order valence-electron chi connectivity index (χ3n) is 5.89. The van der Waals surface area contributed by atoms with Crippen molar-refractivity contribution in [2.45, 2.75) is 0 Å². The Kier molecular flexibility index (Phi) is 4.91. The Morgan fingerprint density at radius 1 is 0.559 bits per heavy atom. The van der Waals surface area contributed by atoms with Gasteiger partial charge in [0.2, 0.25) is 5.95 Å². The maximum atomic E-state index is 10.2. The van der Waals surface area contributed by atoms with Crippen molar-refractivity contribution in [3.05, 3.63) is 103 Å². The van der Waals surface area contributed by atoms with Gasteiger partial charge in [-0.15, -0.1) is 0 Å². The van der Waals surface area contributed by atoms with E-state index in [0.717, 1.165) is 27.4 Å². The second-order valence-electron chi connectivity index (χ2n) is 7.98. The van der Waals surface area contributed by atoms with Gasteiger partial charge in [0.05, 0.1) is 11.0 Å². The van der Waals surface area contributed by atoms with Gasteiger partial charge in [0.1, 0.15) is 0 Å². The second kappa shape index (κ2) is 8.22. The fourth-order valence-corrected chi connectivity index (χ4v) is 4.36. The van der Waals surface area contributed by atoms with Crippen LogP contribution in [0.5, 0.6) is 0 Å². The standard InChI is InChI=1S/C27H19BN4O2/c33-28(34)22-16-9-15-21-20-14-7-8-17-23(20)32(24(21)22)27-30-25(18-10-3-1-4-11-18)29-26(31-27)19-12-5-2-6-13-19/h1-17,33-34H. The van der Waals surface area contributed by atoms with E-state index in [1.54, 1.807) is 6.07 Å². The second-order valence-corrected chi connectivity index (χ2v) is 7.98. The van der Waals surface area contributed by atoms with Crippen molar-refractivity contribution in [2.75, 3.05) is 0 Å². The molecule has 0 spiro atoms. The Balaban J connectivity index is 1.73. The lowest BCUT2D eigenvalue weighted by Crippen LogP contribution is -2.31. The number of nitrogens with zero attached hydrogens (tertiary/aromatic N) is 4. The zero-order chi connectivity index (χ0) is 23.1. The van der Waals surface area contributed by atoms with E-state index in [4.69, 9.17) is 15.0 Å². The van der Waals surface area contributed by atoms with Crippen LogP contribution in [-0.2, 0) is 0 Å². The predicted octanol–water partition coefficient (Wildman–Crippen LogP) is 3.98. The van der Waals surface area contributed by atoms with Crippen molar-refractivity contribution in [3.8, 4) is 28.7 Å². The molecule has 6 aromatic rings. The summed E-state index contributed by atoms with van der Waals surface area (Å²) in [4.78, 5) is 14.5. The molecule has 0 atom stereocenters. The highest BCUT2D eigenvalue weighted by Gasteiger charge is 2.23. The lowest BCUT2D eigenvalue weighted by molar-refractivity contribution is 0.426. The van der Waals surface area contributed by atoms with Gasteiger partial charge in [-0.2, -0.15) is 9.97 Å². The Morgan fingerprint density at radius 3 is 1.74 bits per heavy atom. The van der Waals surface area contributed by atoms with Gasteiger partial charge in [-0.05, 0) is 6.07 Å². The van der Waals surface area contributed by atoms with Gasteiger partial charge in [-0.25, -0.2) is 4.98 Å². The maximum Gasteiger partial charge on any atom is 0.490 e. The number of benzene rings is 4. The van der Waals surface area contributed by atoms with Crippen molar-refractivity contribution in [1.82, 2.24) is 19.5 Å². The molecule has 162 valence electrons. The van der Waals surface area contributed by atoms with Gasteiger partial charge in [-0.1, -0.05) is 97.1 Å². The zero-order valence-electron chi connectivity index (χ0n) is 18.1. The summed E-state index contributed by atoms with van der Waals surface area (Å²) in [6.45, 7) is 0. The van der Waals surface area contributed by atoms with Crippen molar-refractivity contribution in [2.24, 2.45) is 0 Å². The van der Waals surface area contributed by atoms with Gasteiger partial charge >= 0.3 is 7.12 Å². The first-order valence-corrected chi connectivity index (χ1v) is 11.0. The summed E-state index contributed by atoms with van der Waals surface area (Å²) < 4.78 is 1.89. The van der Waals surface area contributed by atoms with Crippen molar-refractivity contribution < 1.29 is 10.0 Å². The van der Waals surface area contributed by atoms with Crippen LogP contribution < -0.4 is 5.46 Å². The summed E-state index contributed by atoms with van der Waals surface area (Å²) in [5.41, 5.74) is 3.65. The lowest BCUT2D eigenvalue weighted by atomic mass is 9.79. The molecule has 2 heterocycles. The average molecular weight is 442 g/mol. The van der Waals surface area contributed by atoms with E-state index in [2.05, 4.69) is 0 Å². The Bertz CT molecular complexity index is 1580. The van der Waals surface area contributed by atoms with E-state index in [9.17, 15) is 10.0 Å². The number of hydrogen-bond donors (Lipinski definition) is 2. The van der Waals surface area contributed by atoms with Gasteiger partial charge in [-0.3, -0.25) is 4.57 Å². The number of para-hydroxylation sites is 2. The Morgan fingerprint density at radius 2 is 1.12 bits per heavy atom. The third-order valence-corrected chi connectivity index (χ3v) is 5.89. The summed E-state index contributed by atoms with van der Waals surface area (Å²) in [7, 11) is -1.64. The molecule has 6 nitrogen and oxygen atoms in total. The SMILES string of the molecule is OB(O)c1cccc2c3ccccc3n(-c3nc(-c4ccccc4)nc(-c4ccccc4)n3)c12. The summed E-state index contributed by atoms with van der Waals surface area (Å²) in [6, 6.07) is 32.9. The molecule has 34 heavy (non-hydrogen) atoms. The Labute approximate surface area is 196 Å². The molecule has 7 heteroatoms. The van der Waals surface area contributed by atoms with Crippen LogP contribution in [-0.4, -0.2) is 36.7 Å². The fourth-order valence-electron chi connectivity index (χ4n) is 4.36. The third kappa shape index (κ3) is 3.35. The first kappa shape index (κ1) is 20.3. The van der Waals surface area contributed by atoms with Crippen LogP contribution in [0, 0.1) is 0 Å². The molecule has 2 aromatic heterocycles. The minimum absolute atomic E-state index is 0.386. The van der Waals surface area contributed by atoms with Gasteiger partial charge in [0.25, 0.3) is 0 Å². The molecule has 0 amide bonds. The van der Waals surface area contributed by atoms with E-state index in [0.29, 0.717) is 28.6 Å². The topological polar surface area (TPSA) is 84.1 Å². The molecule has 0 bridgehead atoms. The molecule has 0 aliphatic carbocycles. The average Bonchev–Trinajstić information content (AvgIpc) is 3.24. The Hall–Kier alpha value is -4.33. The molecule has 0 saturated heterocycles. The van der Waals surface area contributed by atoms with Gasteiger partial charge < -0.3 is 10.0 Å².